The van der Waals surface area contributed by atoms with Gasteiger partial charge in [0, 0.05) is 31.5 Å². The summed E-state index contributed by atoms with van der Waals surface area (Å²) in [6.07, 6.45) is 7.72. The molecular formula is C20H25N3O3. The average Bonchev–Trinajstić information content (AvgIpc) is 3.29. The zero-order valence-electron chi connectivity index (χ0n) is 15.3. The molecule has 1 atom stereocenters. The minimum Gasteiger partial charge on any atom is -0.443 e. The van der Waals surface area contributed by atoms with E-state index >= 15 is 0 Å². The third-order valence-electron chi connectivity index (χ3n) is 4.45. The van der Waals surface area contributed by atoms with Gasteiger partial charge in [-0.2, -0.15) is 5.10 Å². The summed E-state index contributed by atoms with van der Waals surface area (Å²) < 4.78 is 7.50. The van der Waals surface area contributed by atoms with Gasteiger partial charge in [-0.3, -0.25) is 9.48 Å². The Balaban J connectivity index is 1.68. The first-order valence-corrected chi connectivity index (χ1v) is 9.06. The molecule has 26 heavy (non-hydrogen) atoms. The molecule has 1 aliphatic rings. The van der Waals surface area contributed by atoms with Gasteiger partial charge < -0.3 is 14.4 Å². The van der Waals surface area contributed by atoms with Crippen molar-refractivity contribution in [2.75, 3.05) is 6.54 Å². The molecule has 0 bridgehead atoms. The molecule has 3 rings (SSSR count). The zero-order chi connectivity index (χ0) is 18.6. The van der Waals surface area contributed by atoms with Gasteiger partial charge in [0.25, 0.3) is 5.91 Å². The van der Waals surface area contributed by atoms with Crippen molar-refractivity contribution >= 4 is 5.91 Å². The fourth-order valence-electron chi connectivity index (χ4n) is 3.16. The quantitative estimate of drug-likeness (QED) is 0.856. The van der Waals surface area contributed by atoms with Gasteiger partial charge in [-0.25, -0.2) is 0 Å². The van der Waals surface area contributed by atoms with Crippen LogP contribution in [0, 0.1) is 11.8 Å². The molecule has 6 heteroatoms. The van der Waals surface area contributed by atoms with Crippen LogP contribution in [0.25, 0.3) is 0 Å². The van der Waals surface area contributed by atoms with Crippen molar-refractivity contribution in [1.29, 1.82) is 0 Å². The number of nitrogens with zero attached hydrogens (tertiary/aromatic N) is 3. The Hall–Kier alpha value is -2.52. The Bertz CT molecular complexity index is 790. The average molecular weight is 355 g/mol. The van der Waals surface area contributed by atoms with E-state index < -0.39 is 5.60 Å². The largest absolute Gasteiger partial charge is 0.443 e. The lowest BCUT2D eigenvalue weighted by Crippen LogP contribution is -2.44. The number of piperidine rings is 1. The Morgan fingerprint density at radius 2 is 2.27 bits per heavy atom. The molecule has 0 aliphatic carbocycles. The Kier molecular flexibility index (Phi) is 5.48. The number of aromatic nitrogens is 2. The van der Waals surface area contributed by atoms with Crippen molar-refractivity contribution in [3.63, 3.8) is 0 Å². The second-order valence-electron chi connectivity index (χ2n) is 7.18. The van der Waals surface area contributed by atoms with Crippen LogP contribution in [0.5, 0.6) is 0 Å². The summed E-state index contributed by atoms with van der Waals surface area (Å²) >= 11 is 0. The molecule has 1 N–H and O–H groups in total. The second-order valence-corrected chi connectivity index (χ2v) is 7.18. The summed E-state index contributed by atoms with van der Waals surface area (Å²) in [6.45, 7) is 4.75. The van der Waals surface area contributed by atoms with Crippen LogP contribution in [0.2, 0.25) is 0 Å². The van der Waals surface area contributed by atoms with Crippen LogP contribution in [0.3, 0.4) is 0 Å². The maximum atomic E-state index is 12.9. The van der Waals surface area contributed by atoms with E-state index in [1.807, 2.05) is 21.8 Å². The molecular weight excluding hydrogens is 330 g/mol. The van der Waals surface area contributed by atoms with E-state index in [9.17, 15) is 9.90 Å². The van der Waals surface area contributed by atoms with Gasteiger partial charge >= 0.3 is 0 Å². The SMILES string of the molecule is CC(C)(O)C#Cc1ccc(C(=O)N2CCCC[C@@H]2CCn2cccn2)o1. The lowest BCUT2D eigenvalue weighted by atomic mass is 9.99. The topological polar surface area (TPSA) is 71.5 Å². The van der Waals surface area contributed by atoms with Gasteiger partial charge in [0.15, 0.2) is 11.5 Å². The summed E-state index contributed by atoms with van der Waals surface area (Å²) in [5.41, 5.74) is -1.10. The van der Waals surface area contributed by atoms with E-state index in [0.717, 1.165) is 38.8 Å². The summed E-state index contributed by atoms with van der Waals surface area (Å²) in [6, 6.07) is 5.43. The van der Waals surface area contributed by atoms with Crippen LogP contribution in [0.4, 0.5) is 0 Å². The van der Waals surface area contributed by atoms with Crippen molar-refractivity contribution < 1.29 is 14.3 Å². The molecule has 2 aromatic rings. The third-order valence-corrected chi connectivity index (χ3v) is 4.45. The van der Waals surface area contributed by atoms with Crippen LogP contribution < -0.4 is 0 Å². The monoisotopic (exact) mass is 355 g/mol. The highest BCUT2D eigenvalue weighted by Crippen LogP contribution is 2.23. The number of likely N-dealkylation sites (tertiary alicyclic amines) is 1. The minimum atomic E-state index is -1.10. The first kappa shape index (κ1) is 18.3. The summed E-state index contributed by atoms with van der Waals surface area (Å²) in [5.74, 6) is 6.06. The predicted octanol–water partition coefficient (Wildman–Crippen LogP) is 2.68. The predicted molar refractivity (Wildman–Crippen MR) is 97.4 cm³/mol. The molecule has 3 heterocycles. The smallest absolute Gasteiger partial charge is 0.289 e. The zero-order valence-corrected chi connectivity index (χ0v) is 15.3. The van der Waals surface area contributed by atoms with Gasteiger partial charge in [0.1, 0.15) is 5.60 Å². The van der Waals surface area contributed by atoms with Gasteiger partial charge in [0.2, 0.25) is 0 Å². The number of aryl methyl sites for hydroxylation is 1. The molecule has 0 spiro atoms. The van der Waals surface area contributed by atoms with Gasteiger partial charge in [-0.1, -0.05) is 5.92 Å². The van der Waals surface area contributed by atoms with Crippen molar-refractivity contribution in [2.24, 2.45) is 0 Å². The third kappa shape index (κ3) is 4.77. The fourth-order valence-corrected chi connectivity index (χ4v) is 3.16. The van der Waals surface area contributed by atoms with Crippen LogP contribution in [0.1, 0.15) is 55.8 Å². The Morgan fingerprint density at radius 3 is 3.00 bits per heavy atom. The van der Waals surface area contributed by atoms with E-state index in [1.54, 1.807) is 32.2 Å². The summed E-state index contributed by atoms with van der Waals surface area (Å²) in [7, 11) is 0. The highest BCUT2D eigenvalue weighted by molar-refractivity contribution is 5.92. The normalized spacial score (nSPS) is 17.7. The Labute approximate surface area is 153 Å². The number of rotatable bonds is 4. The van der Waals surface area contributed by atoms with E-state index in [1.165, 1.54) is 0 Å². The van der Waals surface area contributed by atoms with Crippen molar-refractivity contribution in [3.8, 4) is 11.8 Å². The van der Waals surface area contributed by atoms with E-state index in [4.69, 9.17) is 4.42 Å². The number of carbonyl (C=O) groups excluding carboxylic acids is 1. The molecule has 2 aromatic heterocycles. The molecule has 1 saturated heterocycles. The lowest BCUT2D eigenvalue weighted by molar-refractivity contribution is 0.0561. The van der Waals surface area contributed by atoms with Crippen molar-refractivity contribution in [3.05, 3.63) is 42.1 Å². The summed E-state index contributed by atoms with van der Waals surface area (Å²) in [4.78, 5) is 14.8. The van der Waals surface area contributed by atoms with E-state index in [-0.39, 0.29) is 11.9 Å². The molecule has 1 amide bonds. The standard InChI is InChI=1S/C20H25N3O3/c1-20(2,25)11-9-17-7-8-18(26-17)19(24)23-14-4-3-6-16(23)10-15-22-13-5-12-21-22/h5,7-8,12-13,16,25H,3-4,6,10,14-15H2,1-2H3/t16-/m1/s1. The molecule has 138 valence electrons. The molecule has 0 radical (unpaired) electrons. The van der Waals surface area contributed by atoms with E-state index in [0.29, 0.717) is 11.5 Å². The number of furan rings is 1. The highest BCUT2D eigenvalue weighted by Gasteiger charge is 2.29. The molecule has 0 saturated carbocycles. The van der Waals surface area contributed by atoms with Gasteiger partial charge in [-0.05, 0) is 63.7 Å². The number of hydrogen-bond acceptors (Lipinski definition) is 4. The summed E-state index contributed by atoms with van der Waals surface area (Å²) in [5, 5.41) is 13.9. The van der Waals surface area contributed by atoms with E-state index in [2.05, 4.69) is 16.9 Å². The minimum absolute atomic E-state index is 0.0912. The lowest BCUT2D eigenvalue weighted by Gasteiger charge is -2.35. The number of aliphatic hydroxyl groups is 1. The van der Waals surface area contributed by atoms with Gasteiger partial charge in [-0.15, -0.1) is 0 Å². The highest BCUT2D eigenvalue weighted by atomic mass is 16.4. The van der Waals surface area contributed by atoms with Gasteiger partial charge in [0.05, 0.1) is 0 Å². The molecule has 1 aliphatic heterocycles. The maximum absolute atomic E-state index is 12.9. The second kappa shape index (κ2) is 7.79. The number of carbonyl (C=O) groups is 1. The van der Waals surface area contributed by atoms with Crippen LogP contribution in [-0.2, 0) is 6.54 Å². The first-order valence-electron chi connectivity index (χ1n) is 9.06. The molecule has 0 aromatic carbocycles. The van der Waals surface area contributed by atoms with Crippen LogP contribution in [-0.4, -0.2) is 43.9 Å². The van der Waals surface area contributed by atoms with Crippen LogP contribution in [0.15, 0.2) is 35.0 Å². The molecule has 6 nitrogen and oxygen atoms in total. The van der Waals surface area contributed by atoms with Crippen molar-refractivity contribution in [2.45, 2.75) is 57.7 Å². The number of amides is 1. The van der Waals surface area contributed by atoms with Crippen molar-refractivity contribution in [1.82, 2.24) is 14.7 Å². The number of hydrogen-bond donors (Lipinski definition) is 1. The fraction of sp³-hybridized carbons (Fsp3) is 0.500. The Morgan fingerprint density at radius 1 is 1.42 bits per heavy atom. The molecule has 1 fully saturated rings. The van der Waals surface area contributed by atoms with Crippen LogP contribution >= 0.6 is 0 Å². The first-order chi connectivity index (χ1) is 12.4. The molecule has 0 unspecified atom stereocenters. The maximum Gasteiger partial charge on any atom is 0.289 e.